The molecule has 0 aromatic heterocycles. The standard InChI is InChI=1S/C37H75NO2/c1-3-5-7-9-11-13-15-17-19-20-21-23-25-27-29-31-33-39-36-37(35-38)40-34-32-30-28-26-24-22-18-16-14-12-10-8-6-4-2/h17,19,37H,3-16,18,20-36,38H2,1-2H3/b19-17+. The SMILES string of the molecule is CCCCCCCC/C=C/CCCCCCCCOCC(CN)OCCCCCCCCCCCCCCCC. The fourth-order valence-electron chi connectivity index (χ4n) is 5.40. The molecule has 0 aliphatic heterocycles. The molecular weight excluding hydrogens is 490 g/mol. The molecule has 0 heterocycles. The first-order chi connectivity index (χ1) is 19.8. The van der Waals surface area contributed by atoms with Crippen molar-refractivity contribution >= 4 is 0 Å². The van der Waals surface area contributed by atoms with Gasteiger partial charge >= 0.3 is 0 Å². The maximum atomic E-state index is 5.98. The molecular formula is C37H75NO2. The van der Waals surface area contributed by atoms with Gasteiger partial charge in [0.2, 0.25) is 0 Å². The van der Waals surface area contributed by atoms with Crippen LogP contribution in [0.4, 0.5) is 0 Å². The highest BCUT2D eigenvalue weighted by atomic mass is 16.5. The second kappa shape index (κ2) is 36.6. The number of hydrogen-bond donors (Lipinski definition) is 1. The molecule has 0 aromatic carbocycles. The van der Waals surface area contributed by atoms with Crippen LogP contribution in [-0.4, -0.2) is 32.5 Å². The largest absolute Gasteiger partial charge is 0.379 e. The van der Waals surface area contributed by atoms with Gasteiger partial charge in [0.25, 0.3) is 0 Å². The molecule has 0 rings (SSSR count). The first-order valence-electron chi connectivity index (χ1n) is 18.4. The minimum absolute atomic E-state index is 0.0658. The second-order valence-electron chi connectivity index (χ2n) is 12.3. The van der Waals surface area contributed by atoms with Gasteiger partial charge in [-0.15, -0.1) is 0 Å². The fourth-order valence-corrected chi connectivity index (χ4v) is 5.40. The lowest BCUT2D eigenvalue weighted by molar-refractivity contribution is -0.0136. The average Bonchev–Trinajstić information content (AvgIpc) is 2.97. The molecule has 0 fully saturated rings. The van der Waals surface area contributed by atoms with Crippen LogP contribution in [0.3, 0.4) is 0 Å². The van der Waals surface area contributed by atoms with Crippen molar-refractivity contribution in [3.8, 4) is 0 Å². The Labute approximate surface area is 253 Å². The molecule has 0 aromatic rings. The summed E-state index contributed by atoms with van der Waals surface area (Å²) in [6.45, 7) is 7.47. The van der Waals surface area contributed by atoms with Crippen LogP contribution >= 0.6 is 0 Å². The normalized spacial score (nSPS) is 12.6. The van der Waals surface area contributed by atoms with E-state index in [4.69, 9.17) is 15.2 Å². The van der Waals surface area contributed by atoms with Crippen molar-refractivity contribution in [2.45, 2.75) is 200 Å². The maximum Gasteiger partial charge on any atom is 0.0930 e. The van der Waals surface area contributed by atoms with Gasteiger partial charge in [0.1, 0.15) is 0 Å². The Morgan fingerprint density at radius 2 is 0.800 bits per heavy atom. The fraction of sp³-hybridized carbons (Fsp3) is 0.946. The predicted octanol–water partition coefficient (Wildman–Crippen LogP) is 11.9. The molecule has 0 saturated heterocycles. The van der Waals surface area contributed by atoms with Crippen molar-refractivity contribution in [3.63, 3.8) is 0 Å². The molecule has 240 valence electrons. The van der Waals surface area contributed by atoms with Crippen LogP contribution in [0, 0.1) is 0 Å². The lowest BCUT2D eigenvalue weighted by Gasteiger charge is -2.16. The van der Waals surface area contributed by atoms with Crippen molar-refractivity contribution in [3.05, 3.63) is 12.2 Å². The lowest BCUT2D eigenvalue weighted by Crippen LogP contribution is -2.29. The van der Waals surface area contributed by atoms with Crippen LogP contribution in [0.15, 0.2) is 12.2 Å². The number of ether oxygens (including phenoxy) is 2. The summed E-state index contributed by atoms with van der Waals surface area (Å²) < 4.78 is 11.8. The van der Waals surface area contributed by atoms with Crippen molar-refractivity contribution in [1.29, 1.82) is 0 Å². The Balaban J connectivity index is 3.29. The summed E-state index contributed by atoms with van der Waals surface area (Å²) in [5.41, 5.74) is 5.90. The molecule has 0 spiro atoms. The first-order valence-corrected chi connectivity index (χ1v) is 18.4. The van der Waals surface area contributed by atoms with E-state index >= 15 is 0 Å². The first kappa shape index (κ1) is 39.6. The van der Waals surface area contributed by atoms with Gasteiger partial charge in [-0.2, -0.15) is 0 Å². The summed E-state index contributed by atoms with van der Waals surface area (Å²) >= 11 is 0. The number of hydrogen-bond acceptors (Lipinski definition) is 3. The zero-order valence-electron chi connectivity index (χ0n) is 27.8. The van der Waals surface area contributed by atoms with Gasteiger partial charge in [0, 0.05) is 19.8 Å². The number of unbranched alkanes of at least 4 members (excludes halogenated alkanes) is 25. The molecule has 0 aliphatic carbocycles. The van der Waals surface area contributed by atoms with Gasteiger partial charge in [-0.1, -0.05) is 167 Å². The zero-order valence-corrected chi connectivity index (χ0v) is 27.8. The summed E-state index contributed by atoms with van der Waals surface area (Å²) in [4.78, 5) is 0. The minimum atomic E-state index is 0.0658. The molecule has 1 atom stereocenters. The third-order valence-electron chi connectivity index (χ3n) is 8.22. The summed E-state index contributed by atoms with van der Waals surface area (Å²) in [7, 11) is 0. The highest BCUT2D eigenvalue weighted by molar-refractivity contribution is 4.81. The molecule has 1 unspecified atom stereocenters. The van der Waals surface area contributed by atoms with Gasteiger partial charge in [0.15, 0.2) is 0 Å². The van der Waals surface area contributed by atoms with Crippen LogP contribution in [0.5, 0.6) is 0 Å². The quantitative estimate of drug-likeness (QED) is 0.0614. The summed E-state index contributed by atoms with van der Waals surface area (Å²) in [6.07, 6.45) is 43.1. The van der Waals surface area contributed by atoms with Crippen LogP contribution in [0.2, 0.25) is 0 Å². The van der Waals surface area contributed by atoms with E-state index in [-0.39, 0.29) is 6.10 Å². The van der Waals surface area contributed by atoms with Gasteiger partial charge in [0.05, 0.1) is 12.7 Å². The Morgan fingerprint density at radius 1 is 0.450 bits per heavy atom. The van der Waals surface area contributed by atoms with E-state index in [0.29, 0.717) is 13.2 Å². The van der Waals surface area contributed by atoms with Gasteiger partial charge in [-0.25, -0.2) is 0 Å². The lowest BCUT2D eigenvalue weighted by atomic mass is 10.0. The van der Waals surface area contributed by atoms with E-state index < -0.39 is 0 Å². The van der Waals surface area contributed by atoms with E-state index in [1.54, 1.807) is 0 Å². The minimum Gasteiger partial charge on any atom is -0.379 e. The van der Waals surface area contributed by atoms with Crippen molar-refractivity contribution in [2.24, 2.45) is 5.73 Å². The average molecular weight is 566 g/mol. The summed E-state index contributed by atoms with van der Waals surface area (Å²) in [5.74, 6) is 0. The molecule has 3 nitrogen and oxygen atoms in total. The zero-order chi connectivity index (χ0) is 29.0. The van der Waals surface area contributed by atoms with E-state index in [0.717, 1.165) is 26.1 Å². The molecule has 0 saturated carbocycles. The van der Waals surface area contributed by atoms with Crippen molar-refractivity contribution in [2.75, 3.05) is 26.4 Å². The Hall–Kier alpha value is -0.380. The molecule has 2 N–H and O–H groups in total. The van der Waals surface area contributed by atoms with E-state index in [1.807, 2.05) is 0 Å². The number of rotatable bonds is 35. The monoisotopic (exact) mass is 566 g/mol. The topological polar surface area (TPSA) is 44.5 Å². The number of allylic oxidation sites excluding steroid dienone is 2. The highest BCUT2D eigenvalue weighted by Gasteiger charge is 2.07. The third-order valence-corrected chi connectivity index (χ3v) is 8.22. The third kappa shape index (κ3) is 33.8. The maximum absolute atomic E-state index is 5.98. The smallest absolute Gasteiger partial charge is 0.0930 e. The van der Waals surface area contributed by atoms with Crippen molar-refractivity contribution in [1.82, 2.24) is 0 Å². The Kier molecular flexibility index (Phi) is 36.3. The molecule has 40 heavy (non-hydrogen) atoms. The van der Waals surface area contributed by atoms with Crippen molar-refractivity contribution < 1.29 is 9.47 Å². The highest BCUT2D eigenvalue weighted by Crippen LogP contribution is 2.13. The molecule has 0 amide bonds. The van der Waals surface area contributed by atoms with E-state index in [9.17, 15) is 0 Å². The van der Waals surface area contributed by atoms with E-state index in [1.165, 1.54) is 167 Å². The number of nitrogens with two attached hydrogens (primary N) is 1. The van der Waals surface area contributed by atoms with Crippen LogP contribution in [-0.2, 0) is 9.47 Å². The second-order valence-corrected chi connectivity index (χ2v) is 12.3. The van der Waals surface area contributed by atoms with Crippen LogP contribution < -0.4 is 5.73 Å². The Morgan fingerprint density at radius 3 is 1.20 bits per heavy atom. The molecule has 3 heteroatoms. The van der Waals surface area contributed by atoms with Gasteiger partial charge in [-0.05, 0) is 38.5 Å². The molecule has 0 bridgehead atoms. The summed E-state index contributed by atoms with van der Waals surface area (Å²) in [6, 6.07) is 0. The summed E-state index contributed by atoms with van der Waals surface area (Å²) in [5, 5.41) is 0. The predicted molar refractivity (Wildman–Crippen MR) is 179 cm³/mol. The van der Waals surface area contributed by atoms with E-state index in [2.05, 4.69) is 26.0 Å². The Bertz CT molecular complexity index is 467. The van der Waals surface area contributed by atoms with Gasteiger partial charge < -0.3 is 15.2 Å². The van der Waals surface area contributed by atoms with Crippen LogP contribution in [0.1, 0.15) is 194 Å². The molecule has 0 radical (unpaired) electrons. The van der Waals surface area contributed by atoms with Crippen LogP contribution in [0.25, 0.3) is 0 Å². The van der Waals surface area contributed by atoms with Gasteiger partial charge in [-0.3, -0.25) is 0 Å². The molecule has 0 aliphatic rings.